The predicted molar refractivity (Wildman–Crippen MR) is 95.9 cm³/mol. The number of amides is 1. The van der Waals surface area contributed by atoms with Crippen molar-refractivity contribution in [2.24, 2.45) is 5.92 Å². The molecule has 1 aliphatic heterocycles. The van der Waals surface area contributed by atoms with Crippen LogP contribution in [0.25, 0.3) is 0 Å². The Morgan fingerprint density at radius 1 is 0.920 bits per heavy atom. The molecule has 1 saturated heterocycles. The van der Waals surface area contributed by atoms with Crippen molar-refractivity contribution in [3.8, 4) is 11.5 Å². The van der Waals surface area contributed by atoms with Gasteiger partial charge >= 0.3 is 0 Å². The average Bonchev–Trinajstić information content (AvgIpc) is 3.12. The summed E-state index contributed by atoms with van der Waals surface area (Å²) >= 11 is 0. The molecular weight excluding hydrogens is 316 g/mol. The van der Waals surface area contributed by atoms with Gasteiger partial charge in [0.25, 0.3) is 0 Å². The lowest BCUT2D eigenvalue weighted by Crippen LogP contribution is -2.42. The average molecular weight is 338 g/mol. The number of carbonyl (C=O) groups is 1. The molecule has 0 aromatic heterocycles. The van der Waals surface area contributed by atoms with E-state index < -0.39 is 0 Å². The van der Waals surface area contributed by atoms with E-state index in [1.54, 1.807) is 0 Å². The first kappa shape index (κ1) is 16.1. The number of para-hydroxylation sites is 1. The first-order valence-corrected chi connectivity index (χ1v) is 8.68. The maximum Gasteiger partial charge on any atom is 0.227 e. The number of ether oxygens (including phenoxy) is 1. The van der Waals surface area contributed by atoms with Crippen molar-refractivity contribution >= 4 is 11.6 Å². The van der Waals surface area contributed by atoms with Crippen LogP contribution in [0.1, 0.15) is 19.3 Å². The third kappa shape index (κ3) is 3.82. The fourth-order valence-corrected chi connectivity index (χ4v) is 3.44. The number of fused-ring (bicyclic) bond motifs is 1. The molecule has 1 amide bonds. The molecule has 6 heteroatoms. The van der Waals surface area contributed by atoms with Crippen LogP contribution in [-0.4, -0.2) is 18.0 Å². The van der Waals surface area contributed by atoms with Crippen LogP contribution >= 0.6 is 0 Å². The highest BCUT2D eigenvalue weighted by molar-refractivity contribution is 5.92. The van der Waals surface area contributed by atoms with Gasteiger partial charge in [-0.3, -0.25) is 4.79 Å². The van der Waals surface area contributed by atoms with Crippen LogP contribution in [0.15, 0.2) is 54.6 Å². The van der Waals surface area contributed by atoms with Crippen molar-refractivity contribution in [2.75, 3.05) is 5.32 Å². The van der Waals surface area contributed by atoms with Crippen molar-refractivity contribution in [1.82, 2.24) is 16.4 Å². The van der Waals surface area contributed by atoms with Gasteiger partial charge in [0.2, 0.25) is 5.91 Å². The monoisotopic (exact) mass is 338 g/mol. The summed E-state index contributed by atoms with van der Waals surface area (Å²) in [6, 6.07) is 17.8. The van der Waals surface area contributed by atoms with Crippen molar-refractivity contribution in [3.63, 3.8) is 0 Å². The second-order valence-electron chi connectivity index (χ2n) is 6.57. The zero-order valence-corrected chi connectivity index (χ0v) is 13.9. The molecule has 3 unspecified atom stereocenters. The van der Waals surface area contributed by atoms with E-state index in [0.717, 1.165) is 36.4 Å². The molecule has 4 N–H and O–H groups in total. The molecule has 2 aromatic rings. The van der Waals surface area contributed by atoms with E-state index in [0.29, 0.717) is 12.1 Å². The van der Waals surface area contributed by atoms with Crippen molar-refractivity contribution < 1.29 is 9.53 Å². The van der Waals surface area contributed by atoms with Gasteiger partial charge in [-0.1, -0.05) is 18.2 Å². The molecule has 0 spiro atoms. The third-order valence-electron chi connectivity index (χ3n) is 4.84. The maximum absolute atomic E-state index is 12.5. The second kappa shape index (κ2) is 7.23. The fourth-order valence-electron chi connectivity index (χ4n) is 3.44. The molecule has 1 heterocycles. The lowest BCUT2D eigenvalue weighted by atomic mass is 9.82. The zero-order valence-electron chi connectivity index (χ0n) is 13.9. The lowest BCUT2D eigenvalue weighted by Gasteiger charge is -2.29. The molecule has 25 heavy (non-hydrogen) atoms. The number of nitrogens with one attached hydrogen (secondary N) is 4. The first-order chi connectivity index (χ1) is 12.3. The van der Waals surface area contributed by atoms with E-state index in [9.17, 15) is 4.79 Å². The van der Waals surface area contributed by atoms with Crippen LogP contribution in [0.3, 0.4) is 0 Å². The zero-order chi connectivity index (χ0) is 17.1. The summed E-state index contributed by atoms with van der Waals surface area (Å²) in [7, 11) is 0. The highest BCUT2D eigenvalue weighted by Crippen LogP contribution is 2.28. The minimum atomic E-state index is 0.0377. The largest absolute Gasteiger partial charge is 0.457 e. The molecule has 6 nitrogen and oxygen atoms in total. The van der Waals surface area contributed by atoms with Gasteiger partial charge in [-0.2, -0.15) is 5.53 Å². The van der Waals surface area contributed by atoms with Crippen LogP contribution in [0.2, 0.25) is 0 Å². The van der Waals surface area contributed by atoms with Gasteiger partial charge in [0.15, 0.2) is 0 Å². The molecule has 0 radical (unpaired) electrons. The van der Waals surface area contributed by atoms with Gasteiger partial charge < -0.3 is 10.1 Å². The van der Waals surface area contributed by atoms with Crippen LogP contribution < -0.4 is 26.4 Å². The smallest absolute Gasteiger partial charge is 0.227 e. The SMILES string of the molecule is O=C(Nc1ccc(Oc2ccccc2)cc1)C1CCC2NNNC2C1. The molecule has 1 aliphatic carbocycles. The predicted octanol–water partition coefficient (Wildman–Crippen LogP) is 2.57. The van der Waals surface area contributed by atoms with E-state index in [2.05, 4.69) is 21.7 Å². The Morgan fingerprint density at radius 2 is 1.64 bits per heavy atom. The Hall–Kier alpha value is -2.41. The molecule has 0 bridgehead atoms. The van der Waals surface area contributed by atoms with Crippen LogP contribution in [0.4, 0.5) is 5.69 Å². The summed E-state index contributed by atoms with van der Waals surface area (Å²) in [4.78, 5) is 12.5. The summed E-state index contributed by atoms with van der Waals surface area (Å²) < 4.78 is 5.77. The van der Waals surface area contributed by atoms with Gasteiger partial charge in [0.1, 0.15) is 11.5 Å². The molecule has 3 atom stereocenters. The summed E-state index contributed by atoms with van der Waals surface area (Å²) in [6.45, 7) is 0. The summed E-state index contributed by atoms with van der Waals surface area (Å²) in [6.07, 6.45) is 2.73. The van der Waals surface area contributed by atoms with Gasteiger partial charge in [0, 0.05) is 23.7 Å². The van der Waals surface area contributed by atoms with Crippen LogP contribution in [0, 0.1) is 5.92 Å². The Morgan fingerprint density at radius 3 is 2.44 bits per heavy atom. The van der Waals surface area contributed by atoms with Gasteiger partial charge in [-0.15, -0.1) is 0 Å². The number of rotatable bonds is 4. The minimum Gasteiger partial charge on any atom is -0.457 e. The van der Waals surface area contributed by atoms with Gasteiger partial charge in [-0.25, -0.2) is 10.9 Å². The Labute approximate surface area is 146 Å². The Kier molecular flexibility index (Phi) is 4.65. The number of hydrogen-bond donors (Lipinski definition) is 4. The van der Waals surface area contributed by atoms with E-state index in [4.69, 9.17) is 4.74 Å². The van der Waals surface area contributed by atoms with Gasteiger partial charge in [-0.05, 0) is 55.7 Å². The Balaban J connectivity index is 1.34. The number of carbonyl (C=O) groups excluding carboxylic acids is 1. The van der Waals surface area contributed by atoms with Gasteiger partial charge in [0.05, 0.1) is 0 Å². The highest BCUT2D eigenvalue weighted by Gasteiger charge is 2.36. The van der Waals surface area contributed by atoms with Crippen LogP contribution in [0.5, 0.6) is 11.5 Å². The summed E-state index contributed by atoms with van der Waals surface area (Å²) in [5.74, 6) is 1.67. The number of hydrazine groups is 2. The van der Waals surface area contributed by atoms with E-state index >= 15 is 0 Å². The number of anilines is 1. The number of hydrogen-bond acceptors (Lipinski definition) is 5. The normalized spacial score (nSPS) is 25.2. The summed E-state index contributed by atoms with van der Waals surface area (Å²) in [5.41, 5.74) is 10.1. The maximum atomic E-state index is 12.5. The first-order valence-electron chi connectivity index (χ1n) is 8.68. The topological polar surface area (TPSA) is 74.4 Å². The highest BCUT2D eigenvalue weighted by atomic mass is 16.5. The molecule has 130 valence electrons. The van der Waals surface area contributed by atoms with E-state index in [1.807, 2.05) is 54.6 Å². The molecular formula is C19H22N4O2. The third-order valence-corrected chi connectivity index (χ3v) is 4.84. The lowest BCUT2D eigenvalue weighted by molar-refractivity contribution is -0.121. The second-order valence-corrected chi connectivity index (χ2v) is 6.57. The van der Waals surface area contributed by atoms with Crippen molar-refractivity contribution in [1.29, 1.82) is 0 Å². The van der Waals surface area contributed by atoms with E-state index in [-0.39, 0.29) is 11.8 Å². The minimum absolute atomic E-state index is 0.0377. The molecule has 4 rings (SSSR count). The molecule has 2 aliphatic rings. The van der Waals surface area contributed by atoms with Crippen molar-refractivity contribution in [2.45, 2.75) is 31.3 Å². The Bertz CT molecular complexity index is 720. The van der Waals surface area contributed by atoms with Crippen molar-refractivity contribution in [3.05, 3.63) is 54.6 Å². The fraction of sp³-hybridized carbons (Fsp3) is 0.316. The summed E-state index contributed by atoms with van der Waals surface area (Å²) in [5, 5.41) is 3.02. The van der Waals surface area contributed by atoms with Crippen LogP contribution in [-0.2, 0) is 4.79 Å². The molecule has 1 saturated carbocycles. The standard InChI is InChI=1S/C19H22N4O2/c24-19(13-6-11-17-18(12-13)22-23-21-17)20-14-7-9-16(10-8-14)25-15-4-2-1-3-5-15/h1-5,7-10,13,17-18,21-23H,6,11-12H2,(H,20,24). The quantitative estimate of drug-likeness (QED) is 0.689. The van der Waals surface area contributed by atoms with E-state index in [1.165, 1.54) is 0 Å². The number of benzene rings is 2. The molecule has 2 fully saturated rings. The molecule has 2 aromatic carbocycles.